The number of fused-ring (bicyclic) bond motifs is 1. The number of ether oxygens (including phenoxy) is 2. The molecule has 1 heterocycles. The van der Waals surface area contributed by atoms with Gasteiger partial charge in [-0.25, -0.2) is 4.98 Å². The van der Waals surface area contributed by atoms with Crippen molar-refractivity contribution in [2.45, 2.75) is 13.5 Å². The van der Waals surface area contributed by atoms with Crippen LogP contribution in [0.3, 0.4) is 0 Å². The monoisotopic (exact) mass is 220 g/mol. The zero-order valence-corrected chi connectivity index (χ0v) is 9.62. The van der Waals surface area contributed by atoms with E-state index in [1.54, 1.807) is 7.11 Å². The van der Waals surface area contributed by atoms with Crippen molar-refractivity contribution in [1.29, 1.82) is 0 Å². The Kier molecular flexibility index (Phi) is 3.54. The van der Waals surface area contributed by atoms with Crippen LogP contribution in [0.5, 0.6) is 0 Å². The molecule has 16 heavy (non-hydrogen) atoms. The Balaban J connectivity index is 2.02. The highest BCUT2D eigenvalue weighted by atomic mass is 16.5. The van der Waals surface area contributed by atoms with E-state index in [0.717, 1.165) is 16.9 Å². The summed E-state index contributed by atoms with van der Waals surface area (Å²) in [5.41, 5.74) is 3.27. The number of methoxy groups -OCH3 is 1. The number of hydrogen-bond donors (Lipinski definition) is 1. The SMILES string of the molecule is COCCOCc1nc2ccc(C)cc2[nH]1. The summed E-state index contributed by atoms with van der Waals surface area (Å²) in [6.45, 7) is 3.76. The van der Waals surface area contributed by atoms with Crippen LogP contribution >= 0.6 is 0 Å². The number of aromatic amines is 1. The van der Waals surface area contributed by atoms with Crippen molar-refractivity contribution in [3.63, 3.8) is 0 Å². The Morgan fingerprint density at radius 1 is 1.31 bits per heavy atom. The van der Waals surface area contributed by atoms with E-state index in [1.165, 1.54) is 5.56 Å². The second kappa shape index (κ2) is 5.09. The third-order valence-electron chi connectivity index (χ3n) is 2.36. The molecule has 1 aromatic heterocycles. The Bertz CT molecular complexity index is 465. The highest BCUT2D eigenvalue weighted by Crippen LogP contribution is 2.13. The van der Waals surface area contributed by atoms with Crippen molar-refractivity contribution in [1.82, 2.24) is 9.97 Å². The molecular weight excluding hydrogens is 204 g/mol. The lowest BCUT2D eigenvalue weighted by Crippen LogP contribution is -2.02. The molecular formula is C12H16N2O2. The summed E-state index contributed by atoms with van der Waals surface area (Å²) in [5.74, 6) is 0.858. The maximum atomic E-state index is 5.40. The van der Waals surface area contributed by atoms with Crippen LogP contribution in [0.25, 0.3) is 11.0 Å². The van der Waals surface area contributed by atoms with Crippen molar-refractivity contribution in [3.8, 4) is 0 Å². The number of benzene rings is 1. The fourth-order valence-electron chi connectivity index (χ4n) is 1.56. The highest BCUT2D eigenvalue weighted by Gasteiger charge is 2.02. The van der Waals surface area contributed by atoms with Crippen LogP contribution in [0.1, 0.15) is 11.4 Å². The molecule has 2 aromatic rings. The molecule has 0 amide bonds. The van der Waals surface area contributed by atoms with Gasteiger partial charge in [0, 0.05) is 7.11 Å². The average Bonchev–Trinajstić information content (AvgIpc) is 2.66. The quantitative estimate of drug-likeness (QED) is 0.784. The smallest absolute Gasteiger partial charge is 0.133 e. The number of imidazole rings is 1. The molecule has 0 bridgehead atoms. The van der Waals surface area contributed by atoms with Gasteiger partial charge in [0.25, 0.3) is 0 Å². The van der Waals surface area contributed by atoms with Crippen molar-refractivity contribution in [3.05, 3.63) is 29.6 Å². The second-order valence-corrected chi connectivity index (χ2v) is 3.75. The molecule has 0 radical (unpaired) electrons. The van der Waals surface area contributed by atoms with Crippen LogP contribution in [0.15, 0.2) is 18.2 Å². The van der Waals surface area contributed by atoms with E-state index in [9.17, 15) is 0 Å². The standard InChI is InChI=1S/C12H16N2O2/c1-9-3-4-10-11(7-9)14-12(13-10)8-16-6-5-15-2/h3-4,7H,5-6,8H2,1-2H3,(H,13,14). The number of aryl methyl sites for hydroxylation is 1. The molecule has 86 valence electrons. The molecule has 0 spiro atoms. The molecule has 2 rings (SSSR count). The van der Waals surface area contributed by atoms with Gasteiger partial charge in [0.1, 0.15) is 12.4 Å². The van der Waals surface area contributed by atoms with E-state index >= 15 is 0 Å². The van der Waals surface area contributed by atoms with Crippen molar-refractivity contribution in [2.75, 3.05) is 20.3 Å². The van der Waals surface area contributed by atoms with Gasteiger partial charge in [-0.1, -0.05) is 6.07 Å². The van der Waals surface area contributed by atoms with E-state index in [1.807, 2.05) is 6.07 Å². The van der Waals surface area contributed by atoms with Crippen LogP contribution in [-0.2, 0) is 16.1 Å². The molecule has 0 unspecified atom stereocenters. The van der Waals surface area contributed by atoms with Crippen LogP contribution in [-0.4, -0.2) is 30.3 Å². The molecule has 1 N–H and O–H groups in total. The predicted octanol–water partition coefficient (Wildman–Crippen LogP) is 2.03. The number of hydrogen-bond acceptors (Lipinski definition) is 3. The van der Waals surface area contributed by atoms with Crippen LogP contribution < -0.4 is 0 Å². The Morgan fingerprint density at radius 2 is 2.19 bits per heavy atom. The van der Waals surface area contributed by atoms with E-state index in [2.05, 4.69) is 29.0 Å². The fraction of sp³-hybridized carbons (Fsp3) is 0.417. The second-order valence-electron chi connectivity index (χ2n) is 3.75. The van der Waals surface area contributed by atoms with Crippen molar-refractivity contribution in [2.24, 2.45) is 0 Å². The van der Waals surface area contributed by atoms with Gasteiger partial charge in [0.05, 0.1) is 24.2 Å². The molecule has 0 atom stereocenters. The molecule has 4 heteroatoms. The zero-order chi connectivity index (χ0) is 11.4. The summed E-state index contributed by atoms with van der Waals surface area (Å²) in [6, 6.07) is 6.15. The van der Waals surface area contributed by atoms with Gasteiger partial charge in [0.2, 0.25) is 0 Å². The normalized spacial score (nSPS) is 11.1. The first-order valence-corrected chi connectivity index (χ1v) is 5.31. The van der Waals surface area contributed by atoms with Gasteiger partial charge in [-0.3, -0.25) is 0 Å². The van der Waals surface area contributed by atoms with Crippen molar-refractivity contribution >= 4 is 11.0 Å². The molecule has 0 aliphatic rings. The summed E-state index contributed by atoms with van der Waals surface area (Å²) in [7, 11) is 1.66. The lowest BCUT2D eigenvalue weighted by Gasteiger charge is -1.99. The third-order valence-corrected chi connectivity index (χ3v) is 2.36. The number of H-pyrrole nitrogens is 1. The third kappa shape index (κ3) is 2.59. The first kappa shape index (κ1) is 11.1. The Labute approximate surface area is 94.6 Å². The maximum Gasteiger partial charge on any atom is 0.133 e. The Morgan fingerprint density at radius 3 is 3.00 bits per heavy atom. The summed E-state index contributed by atoms with van der Waals surface area (Å²) in [6.07, 6.45) is 0. The van der Waals surface area contributed by atoms with Crippen LogP contribution in [0.4, 0.5) is 0 Å². The minimum absolute atomic E-state index is 0.497. The van der Waals surface area contributed by atoms with Gasteiger partial charge >= 0.3 is 0 Å². The molecule has 4 nitrogen and oxygen atoms in total. The molecule has 0 saturated heterocycles. The van der Waals surface area contributed by atoms with Gasteiger partial charge in [0.15, 0.2) is 0 Å². The van der Waals surface area contributed by atoms with Crippen molar-refractivity contribution < 1.29 is 9.47 Å². The zero-order valence-electron chi connectivity index (χ0n) is 9.62. The largest absolute Gasteiger partial charge is 0.382 e. The topological polar surface area (TPSA) is 47.1 Å². The first-order valence-electron chi connectivity index (χ1n) is 5.31. The van der Waals surface area contributed by atoms with Gasteiger partial charge in [-0.2, -0.15) is 0 Å². The fourth-order valence-corrected chi connectivity index (χ4v) is 1.56. The van der Waals surface area contributed by atoms with Crippen LogP contribution in [0.2, 0.25) is 0 Å². The number of rotatable bonds is 5. The minimum atomic E-state index is 0.497. The number of nitrogens with one attached hydrogen (secondary N) is 1. The molecule has 1 aromatic carbocycles. The Hall–Kier alpha value is -1.39. The van der Waals surface area contributed by atoms with Gasteiger partial charge in [-0.05, 0) is 24.6 Å². The molecule has 0 aliphatic carbocycles. The van der Waals surface area contributed by atoms with E-state index in [4.69, 9.17) is 9.47 Å². The van der Waals surface area contributed by atoms with E-state index in [0.29, 0.717) is 19.8 Å². The lowest BCUT2D eigenvalue weighted by molar-refractivity contribution is 0.0590. The number of aromatic nitrogens is 2. The summed E-state index contributed by atoms with van der Waals surface area (Å²) in [4.78, 5) is 7.67. The summed E-state index contributed by atoms with van der Waals surface area (Å²) < 4.78 is 10.3. The minimum Gasteiger partial charge on any atom is -0.382 e. The highest BCUT2D eigenvalue weighted by molar-refractivity contribution is 5.75. The predicted molar refractivity (Wildman–Crippen MR) is 62.4 cm³/mol. The van der Waals surface area contributed by atoms with E-state index in [-0.39, 0.29) is 0 Å². The first-order chi connectivity index (χ1) is 7.79. The molecule has 0 fully saturated rings. The molecule has 0 saturated carbocycles. The molecule has 0 aliphatic heterocycles. The van der Waals surface area contributed by atoms with E-state index < -0.39 is 0 Å². The van der Waals surface area contributed by atoms with Crippen LogP contribution in [0, 0.1) is 6.92 Å². The maximum absolute atomic E-state index is 5.40. The number of nitrogens with zero attached hydrogens (tertiary/aromatic N) is 1. The van der Waals surface area contributed by atoms with Gasteiger partial charge in [-0.15, -0.1) is 0 Å². The lowest BCUT2D eigenvalue weighted by atomic mass is 10.2. The summed E-state index contributed by atoms with van der Waals surface area (Å²) >= 11 is 0. The van der Waals surface area contributed by atoms with Gasteiger partial charge < -0.3 is 14.5 Å². The summed E-state index contributed by atoms with van der Waals surface area (Å²) in [5, 5.41) is 0. The average molecular weight is 220 g/mol.